The molecule has 0 aliphatic heterocycles. The Bertz CT molecular complexity index is 630. The van der Waals surface area contributed by atoms with E-state index < -0.39 is 5.82 Å². The number of nitrogen functional groups attached to an aromatic ring is 1. The van der Waals surface area contributed by atoms with Crippen LogP contribution in [0.15, 0.2) is 40.9 Å². The van der Waals surface area contributed by atoms with Crippen molar-refractivity contribution < 1.29 is 9.18 Å². The van der Waals surface area contributed by atoms with E-state index in [-0.39, 0.29) is 17.0 Å². The minimum atomic E-state index is -0.581. The standard InChI is InChI=1S/C13H8BrFINO/c14-10-3-2-8(16)6-9(10)13(18)7-1-4-12(17)11(15)5-7/h1-6H,17H2. The first kappa shape index (κ1) is 13.5. The molecule has 0 saturated carbocycles. The number of carbonyl (C=O) groups is 1. The third-order valence-electron chi connectivity index (χ3n) is 2.44. The molecule has 2 N–H and O–H groups in total. The summed E-state index contributed by atoms with van der Waals surface area (Å²) in [6, 6.07) is 9.50. The summed E-state index contributed by atoms with van der Waals surface area (Å²) in [5.74, 6) is -0.818. The number of anilines is 1. The summed E-state index contributed by atoms with van der Waals surface area (Å²) in [5, 5.41) is 0. The molecule has 0 aliphatic rings. The minimum absolute atomic E-state index is 0.0354. The monoisotopic (exact) mass is 419 g/mol. The van der Waals surface area contributed by atoms with Gasteiger partial charge in [0.2, 0.25) is 0 Å². The fourth-order valence-electron chi connectivity index (χ4n) is 1.50. The Morgan fingerprint density at radius 3 is 2.61 bits per heavy atom. The van der Waals surface area contributed by atoms with Gasteiger partial charge in [-0.3, -0.25) is 4.79 Å². The lowest BCUT2D eigenvalue weighted by atomic mass is 10.0. The van der Waals surface area contributed by atoms with Crippen LogP contribution in [-0.2, 0) is 0 Å². The van der Waals surface area contributed by atoms with Crippen LogP contribution in [0.25, 0.3) is 0 Å². The maximum Gasteiger partial charge on any atom is 0.194 e. The first-order chi connectivity index (χ1) is 8.49. The van der Waals surface area contributed by atoms with E-state index in [1.807, 2.05) is 6.07 Å². The summed E-state index contributed by atoms with van der Waals surface area (Å²) in [6.07, 6.45) is 0. The summed E-state index contributed by atoms with van der Waals surface area (Å²) in [6.45, 7) is 0. The maximum absolute atomic E-state index is 13.3. The van der Waals surface area contributed by atoms with Crippen LogP contribution in [-0.4, -0.2) is 5.78 Å². The summed E-state index contributed by atoms with van der Waals surface area (Å²) in [5.41, 5.74) is 6.21. The van der Waals surface area contributed by atoms with E-state index in [0.29, 0.717) is 10.0 Å². The van der Waals surface area contributed by atoms with Crippen molar-refractivity contribution in [3.8, 4) is 0 Å². The topological polar surface area (TPSA) is 43.1 Å². The van der Waals surface area contributed by atoms with Crippen molar-refractivity contribution in [2.75, 3.05) is 5.73 Å². The molecule has 0 amide bonds. The maximum atomic E-state index is 13.3. The van der Waals surface area contributed by atoms with E-state index in [9.17, 15) is 9.18 Å². The zero-order valence-corrected chi connectivity index (χ0v) is 12.8. The third kappa shape index (κ3) is 2.72. The Balaban J connectivity index is 2.47. The van der Waals surface area contributed by atoms with E-state index >= 15 is 0 Å². The second-order valence-electron chi connectivity index (χ2n) is 3.69. The smallest absolute Gasteiger partial charge is 0.194 e. The van der Waals surface area contributed by atoms with Crippen LogP contribution in [0, 0.1) is 9.39 Å². The molecule has 92 valence electrons. The van der Waals surface area contributed by atoms with Gasteiger partial charge in [-0.1, -0.05) is 15.9 Å². The van der Waals surface area contributed by atoms with E-state index in [1.165, 1.54) is 12.1 Å². The zero-order chi connectivity index (χ0) is 13.3. The predicted octanol–water partition coefficient (Wildman–Crippen LogP) is 4.01. The first-order valence-electron chi connectivity index (χ1n) is 5.04. The molecular formula is C13H8BrFINO. The van der Waals surface area contributed by atoms with Crippen molar-refractivity contribution >= 4 is 50.0 Å². The predicted molar refractivity (Wildman–Crippen MR) is 81.1 cm³/mol. The highest BCUT2D eigenvalue weighted by atomic mass is 127. The number of carbonyl (C=O) groups excluding carboxylic acids is 1. The quantitative estimate of drug-likeness (QED) is 0.454. The molecule has 0 heterocycles. The number of rotatable bonds is 2. The molecule has 2 nitrogen and oxygen atoms in total. The molecule has 2 rings (SSSR count). The SMILES string of the molecule is Nc1ccc(C(=O)c2cc(I)ccc2Br)cc1F. The molecule has 0 unspecified atom stereocenters. The van der Waals surface area contributed by atoms with E-state index in [1.54, 1.807) is 12.1 Å². The lowest BCUT2D eigenvalue weighted by Gasteiger charge is -2.05. The molecule has 0 bridgehead atoms. The molecule has 0 aliphatic carbocycles. The van der Waals surface area contributed by atoms with Crippen LogP contribution < -0.4 is 5.73 Å². The molecule has 0 atom stereocenters. The first-order valence-corrected chi connectivity index (χ1v) is 6.91. The lowest BCUT2D eigenvalue weighted by Crippen LogP contribution is -2.04. The van der Waals surface area contributed by atoms with Gasteiger partial charge in [-0.25, -0.2) is 4.39 Å². The van der Waals surface area contributed by atoms with Crippen molar-refractivity contribution in [2.45, 2.75) is 0 Å². The summed E-state index contributed by atoms with van der Waals surface area (Å²) >= 11 is 5.44. The summed E-state index contributed by atoms with van der Waals surface area (Å²) < 4.78 is 15.0. The van der Waals surface area contributed by atoms with Crippen LogP contribution in [0.5, 0.6) is 0 Å². The Morgan fingerprint density at radius 2 is 1.94 bits per heavy atom. The van der Waals surface area contributed by atoms with Crippen molar-refractivity contribution in [2.24, 2.45) is 0 Å². The van der Waals surface area contributed by atoms with Crippen molar-refractivity contribution in [1.82, 2.24) is 0 Å². The van der Waals surface area contributed by atoms with Crippen molar-refractivity contribution in [3.05, 3.63) is 61.4 Å². The largest absolute Gasteiger partial charge is 0.396 e. The van der Waals surface area contributed by atoms with E-state index in [4.69, 9.17) is 5.73 Å². The van der Waals surface area contributed by atoms with Crippen molar-refractivity contribution in [1.29, 1.82) is 0 Å². The highest BCUT2D eigenvalue weighted by Gasteiger charge is 2.14. The highest BCUT2D eigenvalue weighted by Crippen LogP contribution is 2.23. The lowest BCUT2D eigenvalue weighted by molar-refractivity contribution is 0.103. The average molecular weight is 420 g/mol. The molecule has 0 aromatic heterocycles. The fraction of sp³-hybridized carbons (Fsp3) is 0. The van der Waals surface area contributed by atoms with Crippen LogP contribution in [0.3, 0.4) is 0 Å². The third-order valence-corrected chi connectivity index (χ3v) is 3.80. The second-order valence-corrected chi connectivity index (χ2v) is 5.79. The van der Waals surface area contributed by atoms with Gasteiger partial charge in [0, 0.05) is 19.2 Å². The van der Waals surface area contributed by atoms with Gasteiger partial charge in [-0.05, 0) is 59.0 Å². The van der Waals surface area contributed by atoms with Gasteiger partial charge in [0.25, 0.3) is 0 Å². The number of benzene rings is 2. The Labute approximate surface area is 126 Å². The van der Waals surface area contributed by atoms with Gasteiger partial charge in [0.05, 0.1) is 5.69 Å². The van der Waals surface area contributed by atoms with Gasteiger partial charge in [-0.15, -0.1) is 0 Å². The van der Waals surface area contributed by atoms with Crippen LogP contribution >= 0.6 is 38.5 Å². The number of halogens is 3. The van der Waals surface area contributed by atoms with Gasteiger partial charge < -0.3 is 5.73 Å². The van der Waals surface area contributed by atoms with E-state index in [2.05, 4.69) is 38.5 Å². The molecule has 0 radical (unpaired) electrons. The summed E-state index contributed by atoms with van der Waals surface area (Å²) in [7, 11) is 0. The fourth-order valence-corrected chi connectivity index (χ4v) is 2.41. The van der Waals surface area contributed by atoms with Crippen LogP contribution in [0.2, 0.25) is 0 Å². The zero-order valence-electron chi connectivity index (χ0n) is 9.08. The summed E-state index contributed by atoms with van der Waals surface area (Å²) in [4.78, 5) is 12.2. The Hall–Kier alpha value is -0.950. The molecule has 0 fully saturated rings. The highest BCUT2D eigenvalue weighted by molar-refractivity contribution is 14.1. The van der Waals surface area contributed by atoms with Gasteiger partial charge >= 0.3 is 0 Å². The minimum Gasteiger partial charge on any atom is -0.396 e. The number of hydrogen-bond acceptors (Lipinski definition) is 2. The second kappa shape index (κ2) is 5.36. The average Bonchev–Trinajstić information content (AvgIpc) is 2.35. The molecule has 2 aromatic rings. The normalized spacial score (nSPS) is 10.4. The molecule has 2 aromatic carbocycles. The molecule has 18 heavy (non-hydrogen) atoms. The number of hydrogen-bond donors (Lipinski definition) is 1. The molecule has 5 heteroatoms. The number of nitrogens with two attached hydrogens (primary N) is 1. The molecular weight excluding hydrogens is 412 g/mol. The Morgan fingerprint density at radius 1 is 1.22 bits per heavy atom. The van der Waals surface area contributed by atoms with Crippen molar-refractivity contribution in [3.63, 3.8) is 0 Å². The molecule has 0 saturated heterocycles. The molecule has 0 spiro atoms. The van der Waals surface area contributed by atoms with Crippen LogP contribution in [0.4, 0.5) is 10.1 Å². The van der Waals surface area contributed by atoms with Gasteiger partial charge in [0.15, 0.2) is 5.78 Å². The van der Waals surface area contributed by atoms with Crippen LogP contribution in [0.1, 0.15) is 15.9 Å². The van der Waals surface area contributed by atoms with Gasteiger partial charge in [0.1, 0.15) is 5.82 Å². The Kier molecular flexibility index (Phi) is 4.01. The number of ketones is 1. The van der Waals surface area contributed by atoms with Gasteiger partial charge in [-0.2, -0.15) is 0 Å². The van der Waals surface area contributed by atoms with E-state index in [0.717, 1.165) is 9.64 Å².